The lowest BCUT2D eigenvalue weighted by Crippen LogP contribution is -2.58. The van der Waals surface area contributed by atoms with Gasteiger partial charge < -0.3 is 9.84 Å². The van der Waals surface area contributed by atoms with Gasteiger partial charge in [-0.25, -0.2) is 12.7 Å². The Hall–Kier alpha value is -4.20. The van der Waals surface area contributed by atoms with Gasteiger partial charge in [0.25, 0.3) is 15.9 Å². The van der Waals surface area contributed by atoms with Gasteiger partial charge in [0, 0.05) is 17.7 Å². The van der Waals surface area contributed by atoms with E-state index < -0.39 is 33.5 Å². The van der Waals surface area contributed by atoms with E-state index in [0.717, 1.165) is 9.87 Å². The molecule has 0 aromatic heterocycles. The number of sulfonamides is 1. The van der Waals surface area contributed by atoms with E-state index in [2.05, 4.69) is 6.07 Å². The molecule has 3 aromatic carbocycles. The number of nitrogens with zero attached hydrogens (tertiary/aromatic N) is 3. The number of hydrogen-bond donors (Lipinski definition) is 1. The van der Waals surface area contributed by atoms with E-state index in [-0.39, 0.29) is 34.7 Å². The molecule has 2 aliphatic heterocycles. The van der Waals surface area contributed by atoms with Gasteiger partial charge in [-0.1, -0.05) is 37.3 Å². The summed E-state index contributed by atoms with van der Waals surface area (Å²) in [6.45, 7) is 2.17. The molecule has 5 rings (SSSR count). The summed E-state index contributed by atoms with van der Waals surface area (Å²) < 4.78 is 34.7. The monoisotopic (exact) mass is 545 g/mol. The highest BCUT2D eigenvalue weighted by atomic mass is 32.2. The van der Waals surface area contributed by atoms with Crippen LogP contribution in [0.25, 0.3) is 0 Å². The van der Waals surface area contributed by atoms with Gasteiger partial charge in [-0.2, -0.15) is 5.26 Å². The number of hydrogen-bond acceptors (Lipinski definition) is 7. The van der Waals surface area contributed by atoms with Crippen LogP contribution in [0, 0.1) is 11.3 Å². The van der Waals surface area contributed by atoms with Crippen LogP contribution in [0.3, 0.4) is 0 Å². The molecule has 39 heavy (non-hydrogen) atoms. The second-order valence-electron chi connectivity index (χ2n) is 9.52. The van der Waals surface area contributed by atoms with Gasteiger partial charge in [-0.05, 0) is 61.2 Å². The first kappa shape index (κ1) is 26.4. The fourth-order valence-corrected chi connectivity index (χ4v) is 7.21. The predicted octanol–water partition coefficient (Wildman–Crippen LogP) is 3.66. The summed E-state index contributed by atoms with van der Waals surface area (Å²) in [5, 5.41) is 19.9. The molecule has 2 aliphatic rings. The number of carboxylic acid groups (broad SMARTS) is 1. The zero-order chi connectivity index (χ0) is 27.9. The molecule has 0 radical (unpaired) electrons. The van der Waals surface area contributed by atoms with Crippen molar-refractivity contribution in [3.63, 3.8) is 0 Å². The summed E-state index contributed by atoms with van der Waals surface area (Å²) in [5.74, 6) is -1.67. The third kappa shape index (κ3) is 3.88. The minimum Gasteiger partial charge on any atom is -0.496 e. The number of carboxylic acids is 1. The van der Waals surface area contributed by atoms with Crippen LogP contribution in [0.2, 0.25) is 0 Å². The molecule has 2 atom stereocenters. The fourth-order valence-electron chi connectivity index (χ4n) is 5.75. The highest BCUT2D eigenvalue weighted by Gasteiger charge is 2.63. The van der Waals surface area contributed by atoms with Gasteiger partial charge in [-0.3, -0.25) is 14.5 Å². The van der Waals surface area contributed by atoms with Crippen LogP contribution in [0.15, 0.2) is 71.6 Å². The van der Waals surface area contributed by atoms with Crippen molar-refractivity contribution < 1.29 is 27.9 Å². The number of methoxy groups -OCH3 is 1. The highest BCUT2D eigenvalue weighted by molar-refractivity contribution is 7.93. The number of nitriles is 1. The summed E-state index contributed by atoms with van der Waals surface area (Å²) in [7, 11) is -2.99. The Labute approximate surface area is 226 Å². The standard InChI is InChI=1S/C29H27N3O6S/c1-3-19-10-13-21(14-11-19)39(36,37)32-24-15-12-20(18-30)17-23(24)29(28(32)35,22-7-4-5-9-26(22)38-2)31-16-6-8-25(31)27(33)34/h4-5,7,9-15,17,25H,3,6,8,16H2,1-2H3,(H,33,34)/t25-,29?/m0/s1. The Morgan fingerprint density at radius 3 is 2.49 bits per heavy atom. The maximum Gasteiger partial charge on any atom is 0.320 e. The van der Waals surface area contributed by atoms with E-state index in [1.54, 1.807) is 41.3 Å². The number of para-hydroxylation sites is 1. The van der Waals surface area contributed by atoms with Crippen LogP contribution < -0.4 is 9.04 Å². The first-order valence-corrected chi connectivity index (χ1v) is 14.0. The van der Waals surface area contributed by atoms with Crippen molar-refractivity contribution >= 4 is 27.6 Å². The summed E-state index contributed by atoms with van der Waals surface area (Å²) >= 11 is 0. The number of aryl methyl sites for hydroxylation is 1. The number of likely N-dealkylation sites (tertiary alicyclic amines) is 1. The van der Waals surface area contributed by atoms with E-state index in [1.807, 2.05) is 6.92 Å². The van der Waals surface area contributed by atoms with Crippen molar-refractivity contribution in [3.8, 4) is 11.8 Å². The molecule has 0 spiro atoms. The molecule has 0 bridgehead atoms. The highest BCUT2D eigenvalue weighted by Crippen LogP contribution is 2.54. The Bertz CT molecular complexity index is 1610. The number of ether oxygens (including phenoxy) is 1. The molecule has 3 aromatic rings. The molecule has 10 heteroatoms. The number of carbonyl (C=O) groups is 2. The van der Waals surface area contributed by atoms with Crippen LogP contribution in [0.4, 0.5) is 5.69 Å². The van der Waals surface area contributed by atoms with Crippen LogP contribution in [-0.4, -0.2) is 50.0 Å². The predicted molar refractivity (Wildman–Crippen MR) is 143 cm³/mol. The van der Waals surface area contributed by atoms with Crippen LogP contribution >= 0.6 is 0 Å². The van der Waals surface area contributed by atoms with E-state index in [4.69, 9.17) is 4.74 Å². The molecule has 1 N–H and O–H groups in total. The Morgan fingerprint density at radius 1 is 1.13 bits per heavy atom. The van der Waals surface area contributed by atoms with Crippen LogP contribution in [0.5, 0.6) is 5.75 Å². The average Bonchev–Trinajstić information content (AvgIpc) is 3.54. The number of aliphatic carboxylic acids is 1. The molecule has 1 amide bonds. The third-order valence-electron chi connectivity index (χ3n) is 7.56. The number of anilines is 1. The molecule has 0 saturated carbocycles. The average molecular weight is 546 g/mol. The third-order valence-corrected chi connectivity index (χ3v) is 9.27. The maximum atomic E-state index is 14.8. The van der Waals surface area contributed by atoms with Gasteiger partial charge >= 0.3 is 5.97 Å². The lowest BCUT2D eigenvalue weighted by atomic mass is 9.80. The van der Waals surface area contributed by atoms with Gasteiger partial charge in [0.2, 0.25) is 0 Å². The summed E-state index contributed by atoms with van der Waals surface area (Å²) in [6.07, 6.45) is 1.48. The van der Waals surface area contributed by atoms with Gasteiger partial charge in [0.1, 0.15) is 11.8 Å². The van der Waals surface area contributed by atoms with Crippen molar-refractivity contribution in [1.29, 1.82) is 5.26 Å². The lowest BCUT2D eigenvalue weighted by molar-refractivity contribution is -0.145. The maximum absolute atomic E-state index is 14.8. The number of rotatable bonds is 7. The largest absolute Gasteiger partial charge is 0.496 e. The topological polar surface area (TPSA) is 128 Å². The number of carbonyl (C=O) groups excluding carboxylic acids is 1. The van der Waals surface area contributed by atoms with E-state index in [0.29, 0.717) is 24.2 Å². The van der Waals surface area contributed by atoms with Crippen LogP contribution in [-0.2, 0) is 31.6 Å². The van der Waals surface area contributed by atoms with E-state index in [9.17, 15) is 28.4 Å². The fraction of sp³-hybridized carbons (Fsp3) is 0.276. The Balaban J connectivity index is 1.86. The first-order chi connectivity index (χ1) is 18.7. The molecule has 1 saturated heterocycles. The minimum atomic E-state index is -4.43. The van der Waals surface area contributed by atoms with Crippen molar-refractivity contribution in [2.24, 2.45) is 0 Å². The number of fused-ring (bicyclic) bond motifs is 1. The molecule has 2 heterocycles. The van der Waals surface area contributed by atoms with Crippen molar-refractivity contribution in [2.75, 3.05) is 18.0 Å². The Kier molecular flexibility index (Phi) is 6.66. The number of benzene rings is 3. The zero-order valence-electron chi connectivity index (χ0n) is 21.5. The first-order valence-electron chi connectivity index (χ1n) is 12.6. The van der Waals surface area contributed by atoms with Crippen molar-refractivity contribution in [3.05, 3.63) is 89.0 Å². The van der Waals surface area contributed by atoms with Gasteiger partial charge in [0.05, 0.1) is 29.3 Å². The van der Waals surface area contributed by atoms with Gasteiger partial charge in [-0.15, -0.1) is 0 Å². The SMILES string of the molecule is CCc1ccc(S(=O)(=O)N2C(=O)C(c3ccccc3OC)(N3CCC[C@H]3C(=O)O)c3cc(C#N)ccc32)cc1. The minimum absolute atomic E-state index is 0.0699. The second-order valence-corrected chi connectivity index (χ2v) is 11.3. The molecule has 9 nitrogen and oxygen atoms in total. The summed E-state index contributed by atoms with van der Waals surface area (Å²) in [4.78, 5) is 28.7. The molecular formula is C29H27N3O6S. The Morgan fingerprint density at radius 2 is 1.85 bits per heavy atom. The van der Waals surface area contributed by atoms with Gasteiger partial charge in [0.15, 0.2) is 5.54 Å². The normalized spacial score (nSPS) is 21.0. The molecule has 0 aliphatic carbocycles. The van der Waals surface area contributed by atoms with E-state index >= 15 is 0 Å². The second kappa shape index (κ2) is 9.84. The quantitative estimate of drug-likeness (QED) is 0.477. The molecule has 1 unspecified atom stereocenters. The molecule has 200 valence electrons. The number of amides is 1. The molecular weight excluding hydrogens is 518 g/mol. The van der Waals surface area contributed by atoms with E-state index in [1.165, 1.54) is 37.4 Å². The van der Waals surface area contributed by atoms with Crippen LogP contribution in [0.1, 0.15) is 42.0 Å². The van der Waals surface area contributed by atoms with Crippen molar-refractivity contribution in [1.82, 2.24) is 4.90 Å². The summed E-state index contributed by atoms with van der Waals surface area (Å²) in [6, 6.07) is 18.4. The zero-order valence-corrected chi connectivity index (χ0v) is 22.3. The summed E-state index contributed by atoms with van der Waals surface area (Å²) in [5.41, 5.74) is -0.131. The smallest absolute Gasteiger partial charge is 0.320 e. The lowest BCUT2D eigenvalue weighted by Gasteiger charge is -2.40. The molecule has 1 fully saturated rings. The van der Waals surface area contributed by atoms with Crippen molar-refractivity contribution in [2.45, 2.75) is 42.7 Å².